The van der Waals surface area contributed by atoms with Crippen LogP contribution in [0.2, 0.25) is 0 Å². The highest BCUT2D eigenvalue weighted by Gasteiger charge is 2.09. The van der Waals surface area contributed by atoms with Crippen LogP contribution in [0.15, 0.2) is 41.3 Å². The summed E-state index contributed by atoms with van der Waals surface area (Å²) >= 11 is 0. The fourth-order valence-corrected chi connectivity index (χ4v) is 1.66. The highest BCUT2D eigenvalue weighted by Crippen LogP contribution is 2.26. The molecule has 2 aromatic rings. The number of nitrogen functional groups attached to an aromatic ring is 1. The summed E-state index contributed by atoms with van der Waals surface area (Å²) < 4.78 is 6.18. The molecule has 20 heavy (non-hydrogen) atoms. The fraction of sp³-hybridized carbons (Fsp3) is 0.154. The Hall–Kier alpha value is -2.83. The van der Waals surface area contributed by atoms with Gasteiger partial charge in [-0.3, -0.25) is 9.59 Å². The number of aromatic nitrogens is 2. The number of nitrogens with zero attached hydrogens (tertiary/aromatic N) is 2. The molecule has 0 unspecified atom stereocenters. The van der Waals surface area contributed by atoms with Gasteiger partial charge >= 0.3 is 0 Å². The molecule has 0 saturated heterocycles. The Kier molecular flexibility index (Phi) is 3.99. The lowest BCUT2D eigenvalue weighted by Gasteiger charge is -2.11. The Labute approximate surface area is 115 Å². The maximum Gasteiger partial charge on any atom is 0.267 e. The van der Waals surface area contributed by atoms with Gasteiger partial charge in [-0.1, -0.05) is 0 Å². The van der Waals surface area contributed by atoms with E-state index in [9.17, 15) is 9.59 Å². The molecule has 3 N–H and O–H groups in total. The molecule has 2 rings (SSSR count). The van der Waals surface area contributed by atoms with Crippen molar-refractivity contribution in [1.82, 2.24) is 9.78 Å². The van der Waals surface area contributed by atoms with Gasteiger partial charge in [0.25, 0.3) is 5.56 Å². The van der Waals surface area contributed by atoms with E-state index in [1.165, 1.54) is 25.4 Å². The summed E-state index contributed by atoms with van der Waals surface area (Å²) in [6.07, 6.45) is 1.44. The second kappa shape index (κ2) is 5.87. The Morgan fingerprint density at radius 2 is 2.25 bits per heavy atom. The van der Waals surface area contributed by atoms with E-state index in [-0.39, 0.29) is 12.1 Å². The minimum Gasteiger partial charge on any atom is -0.495 e. The molecule has 7 nitrogen and oxygen atoms in total. The number of carbonyl (C=O) groups excluding carboxylic acids is 1. The highest BCUT2D eigenvalue weighted by atomic mass is 16.5. The molecule has 0 aliphatic heterocycles. The van der Waals surface area contributed by atoms with Crippen LogP contribution in [0.25, 0.3) is 0 Å². The summed E-state index contributed by atoms with van der Waals surface area (Å²) in [4.78, 5) is 23.4. The van der Waals surface area contributed by atoms with Gasteiger partial charge in [-0.25, -0.2) is 4.68 Å². The average Bonchev–Trinajstić information content (AvgIpc) is 2.41. The van der Waals surface area contributed by atoms with Crippen LogP contribution in [-0.4, -0.2) is 22.8 Å². The third kappa shape index (κ3) is 3.14. The number of benzene rings is 1. The topological polar surface area (TPSA) is 99.2 Å². The first kappa shape index (κ1) is 13.6. The summed E-state index contributed by atoms with van der Waals surface area (Å²) in [5, 5.41) is 6.44. The molecule has 0 bridgehead atoms. The third-order valence-corrected chi connectivity index (χ3v) is 2.58. The van der Waals surface area contributed by atoms with Crippen LogP contribution >= 0.6 is 0 Å². The first-order valence-corrected chi connectivity index (χ1v) is 5.85. The fourth-order valence-electron chi connectivity index (χ4n) is 1.66. The minimum atomic E-state index is -0.394. The van der Waals surface area contributed by atoms with Crippen molar-refractivity contribution in [1.29, 1.82) is 0 Å². The van der Waals surface area contributed by atoms with Gasteiger partial charge < -0.3 is 15.8 Å². The normalized spacial score (nSPS) is 10.1. The molecule has 1 aromatic carbocycles. The van der Waals surface area contributed by atoms with Crippen molar-refractivity contribution in [2.75, 3.05) is 18.2 Å². The largest absolute Gasteiger partial charge is 0.495 e. The monoisotopic (exact) mass is 274 g/mol. The molecular weight excluding hydrogens is 260 g/mol. The molecule has 0 saturated carbocycles. The summed E-state index contributed by atoms with van der Waals surface area (Å²) in [6, 6.07) is 7.74. The maximum absolute atomic E-state index is 11.9. The Bertz CT molecular complexity index is 681. The molecule has 1 heterocycles. The predicted octanol–water partition coefficient (Wildman–Crippen LogP) is 0.473. The van der Waals surface area contributed by atoms with Gasteiger partial charge in [-0.05, 0) is 24.3 Å². The van der Waals surface area contributed by atoms with Gasteiger partial charge in [-0.2, -0.15) is 5.10 Å². The number of nitrogens with one attached hydrogen (secondary N) is 1. The predicted molar refractivity (Wildman–Crippen MR) is 74.5 cm³/mol. The number of nitrogens with two attached hydrogens (primary N) is 1. The number of amides is 1. The van der Waals surface area contributed by atoms with Crippen LogP contribution in [0, 0.1) is 0 Å². The van der Waals surface area contributed by atoms with E-state index in [0.717, 1.165) is 4.68 Å². The lowest BCUT2D eigenvalue weighted by Crippen LogP contribution is -2.28. The molecule has 0 radical (unpaired) electrons. The van der Waals surface area contributed by atoms with Crippen LogP contribution in [0.4, 0.5) is 11.4 Å². The summed E-state index contributed by atoms with van der Waals surface area (Å²) in [7, 11) is 1.49. The molecule has 0 atom stereocenters. The number of anilines is 2. The van der Waals surface area contributed by atoms with E-state index in [1.807, 2.05) is 0 Å². The zero-order valence-electron chi connectivity index (χ0n) is 10.9. The van der Waals surface area contributed by atoms with Gasteiger partial charge in [0.15, 0.2) is 0 Å². The standard InChI is InChI=1S/C13H14N4O3/c1-20-11-5-4-9(14)7-10(11)16-12(18)8-17-13(19)3-2-6-15-17/h2-7H,8,14H2,1H3,(H,16,18). The van der Waals surface area contributed by atoms with Gasteiger partial charge in [-0.15, -0.1) is 0 Å². The maximum atomic E-state index is 11.9. The molecule has 0 aliphatic rings. The zero-order valence-corrected chi connectivity index (χ0v) is 10.9. The van der Waals surface area contributed by atoms with Crippen molar-refractivity contribution in [2.24, 2.45) is 0 Å². The van der Waals surface area contributed by atoms with E-state index in [2.05, 4.69) is 10.4 Å². The minimum absolute atomic E-state index is 0.183. The van der Waals surface area contributed by atoms with E-state index in [4.69, 9.17) is 10.5 Å². The highest BCUT2D eigenvalue weighted by molar-refractivity contribution is 5.92. The molecule has 0 fully saturated rings. The van der Waals surface area contributed by atoms with Crippen molar-refractivity contribution < 1.29 is 9.53 Å². The Morgan fingerprint density at radius 3 is 2.95 bits per heavy atom. The van der Waals surface area contributed by atoms with Crippen molar-refractivity contribution in [3.63, 3.8) is 0 Å². The number of ether oxygens (including phenoxy) is 1. The summed E-state index contributed by atoms with van der Waals surface area (Å²) in [5.74, 6) is 0.0932. The van der Waals surface area contributed by atoms with Gasteiger partial charge in [0.05, 0.1) is 12.8 Å². The average molecular weight is 274 g/mol. The Morgan fingerprint density at radius 1 is 1.45 bits per heavy atom. The van der Waals surface area contributed by atoms with Crippen molar-refractivity contribution in [2.45, 2.75) is 6.54 Å². The van der Waals surface area contributed by atoms with E-state index >= 15 is 0 Å². The quantitative estimate of drug-likeness (QED) is 0.790. The van der Waals surface area contributed by atoms with Crippen molar-refractivity contribution >= 4 is 17.3 Å². The van der Waals surface area contributed by atoms with Gasteiger partial charge in [0, 0.05) is 18.0 Å². The van der Waals surface area contributed by atoms with Crippen molar-refractivity contribution in [3.05, 3.63) is 46.9 Å². The lowest BCUT2D eigenvalue weighted by atomic mass is 10.2. The number of rotatable bonds is 4. The molecule has 1 aromatic heterocycles. The molecule has 7 heteroatoms. The van der Waals surface area contributed by atoms with Crippen molar-refractivity contribution in [3.8, 4) is 5.75 Å². The second-order valence-electron chi connectivity index (χ2n) is 4.03. The number of carbonyl (C=O) groups is 1. The summed E-state index contributed by atoms with van der Waals surface area (Å²) in [6.45, 7) is -0.183. The first-order valence-electron chi connectivity index (χ1n) is 5.85. The zero-order chi connectivity index (χ0) is 14.5. The van der Waals surface area contributed by atoms with Crippen LogP contribution in [0.3, 0.4) is 0 Å². The number of methoxy groups -OCH3 is 1. The van der Waals surface area contributed by atoms with Crippen LogP contribution < -0.4 is 21.3 Å². The van der Waals surface area contributed by atoms with E-state index < -0.39 is 5.91 Å². The molecule has 1 amide bonds. The molecule has 0 spiro atoms. The van der Waals surface area contributed by atoms with Gasteiger partial charge in [0.1, 0.15) is 12.3 Å². The number of hydrogen-bond donors (Lipinski definition) is 2. The van der Waals surface area contributed by atoms with E-state index in [1.54, 1.807) is 18.2 Å². The van der Waals surface area contributed by atoms with Crippen LogP contribution in [-0.2, 0) is 11.3 Å². The third-order valence-electron chi connectivity index (χ3n) is 2.58. The second-order valence-corrected chi connectivity index (χ2v) is 4.03. The van der Waals surface area contributed by atoms with Crippen LogP contribution in [0.1, 0.15) is 0 Å². The summed E-state index contributed by atoms with van der Waals surface area (Å²) in [5.41, 5.74) is 6.26. The first-order chi connectivity index (χ1) is 9.60. The molecule has 0 aliphatic carbocycles. The number of hydrogen-bond acceptors (Lipinski definition) is 5. The van der Waals surface area contributed by atoms with E-state index in [0.29, 0.717) is 17.1 Å². The molecular formula is C13H14N4O3. The lowest BCUT2D eigenvalue weighted by molar-refractivity contribution is -0.117. The van der Waals surface area contributed by atoms with Crippen LogP contribution in [0.5, 0.6) is 5.75 Å². The smallest absolute Gasteiger partial charge is 0.267 e. The van der Waals surface area contributed by atoms with Gasteiger partial charge in [0.2, 0.25) is 5.91 Å². The molecule has 104 valence electrons. The Balaban J connectivity index is 2.14. The SMILES string of the molecule is COc1ccc(N)cc1NC(=O)Cn1ncccc1=O.